The number of nitrogens with one attached hydrogen (secondary N) is 1. The zero-order chi connectivity index (χ0) is 19.9. The van der Waals surface area contributed by atoms with Gasteiger partial charge in [0.2, 0.25) is 0 Å². The third-order valence-corrected chi connectivity index (χ3v) is 4.30. The summed E-state index contributed by atoms with van der Waals surface area (Å²) in [6, 6.07) is 15.2. The molecule has 144 valence electrons. The van der Waals surface area contributed by atoms with Gasteiger partial charge in [0.05, 0.1) is 0 Å². The van der Waals surface area contributed by atoms with Crippen LogP contribution < -0.4 is 10.3 Å². The van der Waals surface area contributed by atoms with Gasteiger partial charge in [-0.15, -0.1) is 0 Å². The average Bonchev–Trinajstić information content (AvgIpc) is 2.69. The predicted octanol–water partition coefficient (Wildman–Crippen LogP) is 3.13. The number of aromatic amines is 1. The van der Waals surface area contributed by atoms with Crippen LogP contribution >= 0.6 is 0 Å². The smallest absolute Gasteiger partial charge is 0.256 e. The van der Waals surface area contributed by atoms with Crippen LogP contribution in [0.2, 0.25) is 0 Å². The summed E-state index contributed by atoms with van der Waals surface area (Å²) in [6.45, 7) is 1.83. The Morgan fingerprint density at radius 1 is 1.07 bits per heavy atom. The summed E-state index contributed by atoms with van der Waals surface area (Å²) in [5, 5.41) is 1.45. The van der Waals surface area contributed by atoms with E-state index in [2.05, 4.69) is 21.7 Å². The molecule has 5 nitrogen and oxygen atoms in total. The van der Waals surface area contributed by atoms with Crippen LogP contribution in [0.4, 0.5) is 0 Å². The van der Waals surface area contributed by atoms with Gasteiger partial charge >= 0.3 is 0 Å². The molecule has 0 unspecified atom stereocenters. The van der Waals surface area contributed by atoms with E-state index in [0.717, 1.165) is 34.5 Å². The molecule has 0 amide bonds. The summed E-state index contributed by atoms with van der Waals surface area (Å²) in [4.78, 5) is 17.6. The number of ether oxygens (including phenoxy) is 2. The van der Waals surface area contributed by atoms with Gasteiger partial charge in [-0.3, -0.25) is 4.79 Å². The van der Waals surface area contributed by atoms with Crippen LogP contribution in [0.25, 0.3) is 22.0 Å². The van der Waals surface area contributed by atoms with E-state index in [9.17, 15) is 4.79 Å². The van der Waals surface area contributed by atoms with Crippen molar-refractivity contribution in [1.29, 1.82) is 0 Å². The first-order valence-corrected chi connectivity index (χ1v) is 9.10. The van der Waals surface area contributed by atoms with Crippen molar-refractivity contribution in [3.05, 3.63) is 64.4 Å². The number of pyridine rings is 1. The van der Waals surface area contributed by atoms with Gasteiger partial charge in [-0.1, -0.05) is 17.9 Å². The summed E-state index contributed by atoms with van der Waals surface area (Å²) in [7, 11) is 5.63. The zero-order valence-corrected chi connectivity index (χ0v) is 16.4. The van der Waals surface area contributed by atoms with Crippen molar-refractivity contribution in [2.45, 2.75) is 0 Å². The molecule has 3 rings (SSSR count). The zero-order valence-electron chi connectivity index (χ0n) is 16.4. The molecule has 0 radical (unpaired) electrons. The van der Waals surface area contributed by atoms with E-state index in [0.29, 0.717) is 18.6 Å². The largest absolute Gasteiger partial charge is 0.492 e. The Morgan fingerprint density at radius 3 is 2.57 bits per heavy atom. The van der Waals surface area contributed by atoms with Crippen molar-refractivity contribution in [3.8, 4) is 28.8 Å². The number of aromatic nitrogens is 1. The number of hydrogen-bond donors (Lipinski definition) is 1. The molecule has 2 aromatic carbocycles. The molecule has 1 N–H and O–H groups in total. The van der Waals surface area contributed by atoms with E-state index >= 15 is 0 Å². The van der Waals surface area contributed by atoms with E-state index in [4.69, 9.17) is 9.47 Å². The molecular weight excluding hydrogens is 352 g/mol. The first-order chi connectivity index (χ1) is 13.6. The number of rotatable bonds is 6. The molecule has 0 aliphatic rings. The molecule has 0 aliphatic carbocycles. The van der Waals surface area contributed by atoms with Gasteiger partial charge in [0.25, 0.3) is 5.56 Å². The van der Waals surface area contributed by atoms with Gasteiger partial charge in [-0.05, 0) is 62.1 Å². The van der Waals surface area contributed by atoms with E-state index in [-0.39, 0.29) is 5.56 Å². The lowest BCUT2D eigenvalue weighted by atomic mass is 10.0. The number of hydrogen-bond acceptors (Lipinski definition) is 4. The highest BCUT2D eigenvalue weighted by molar-refractivity contribution is 5.90. The van der Waals surface area contributed by atoms with Crippen LogP contribution in [-0.4, -0.2) is 50.8 Å². The van der Waals surface area contributed by atoms with Gasteiger partial charge in [-0.2, -0.15) is 0 Å². The predicted molar refractivity (Wildman–Crippen MR) is 113 cm³/mol. The number of fused-ring (bicyclic) bond motifs is 1. The highest BCUT2D eigenvalue weighted by Gasteiger charge is 2.07. The lowest BCUT2D eigenvalue weighted by Crippen LogP contribution is -2.19. The van der Waals surface area contributed by atoms with Crippen molar-refractivity contribution in [1.82, 2.24) is 9.88 Å². The topological polar surface area (TPSA) is 54.6 Å². The quantitative estimate of drug-likeness (QED) is 0.672. The summed E-state index contributed by atoms with van der Waals surface area (Å²) in [5.74, 6) is 6.84. The Hall–Kier alpha value is -3.07. The molecule has 0 fully saturated rings. The molecule has 1 heterocycles. The molecule has 1 aromatic heterocycles. The van der Waals surface area contributed by atoms with Crippen molar-refractivity contribution in [2.24, 2.45) is 0 Å². The number of nitrogens with zero attached hydrogens (tertiary/aromatic N) is 1. The average molecular weight is 376 g/mol. The molecule has 0 bridgehead atoms. The minimum atomic E-state index is -0.130. The Morgan fingerprint density at radius 2 is 1.86 bits per heavy atom. The fourth-order valence-electron chi connectivity index (χ4n) is 2.83. The van der Waals surface area contributed by atoms with Crippen LogP contribution in [0.1, 0.15) is 5.56 Å². The third-order valence-electron chi connectivity index (χ3n) is 4.30. The normalized spacial score (nSPS) is 10.7. The fraction of sp³-hybridized carbons (Fsp3) is 0.261. The number of H-pyrrole nitrogens is 1. The van der Waals surface area contributed by atoms with Crippen molar-refractivity contribution in [2.75, 3.05) is 41.0 Å². The van der Waals surface area contributed by atoms with Gasteiger partial charge < -0.3 is 19.4 Å². The lowest BCUT2D eigenvalue weighted by Gasteiger charge is -2.11. The Labute approximate surface area is 164 Å². The SMILES string of the molecule is COCC#Cc1cccc2c(=O)[nH]c(-c3ccc(OCCN(C)C)cc3)cc12. The van der Waals surface area contributed by atoms with Gasteiger partial charge in [-0.25, -0.2) is 0 Å². The van der Waals surface area contributed by atoms with Crippen LogP contribution in [-0.2, 0) is 4.74 Å². The van der Waals surface area contributed by atoms with Gasteiger partial charge in [0.1, 0.15) is 19.0 Å². The Bertz CT molecular complexity index is 1060. The summed E-state index contributed by atoms with van der Waals surface area (Å²) < 4.78 is 10.7. The fourth-order valence-corrected chi connectivity index (χ4v) is 2.83. The van der Waals surface area contributed by atoms with Crippen LogP contribution in [0, 0.1) is 11.8 Å². The maximum atomic E-state index is 12.6. The molecule has 28 heavy (non-hydrogen) atoms. The van der Waals surface area contributed by atoms with E-state index in [1.54, 1.807) is 13.2 Å². The molecule has 0 aliphatic heterocycles. The standard InChI is InChI=1S/C23H24N2O3/c1-25(2)13-15-28-19-11-9-18(10-12-19)22-16-21-17(7-5-14-27-3)6-4-8-20(21)23(26)24-22/h4,6,8-12,16H,13-15H2,1-3H3,(H,24,26). The number of likely N-dealkylation sites (N-methyl/N-ethyl adjacent to an activating group) is 1. The third kappa shape index (κ3) is 4.80. The number of benzene rings is 2. The van der Waals surface area contributed by atoms with E-state index in [1.165, 1.54) is 0 Å². The first-order valence-electron chi connectivity index (χ1n) is 9.10. The van der Waals surface area contributed by atoms with Gasteiger partial charge in [0.15, 0.2) is 0 Å². The van der Waals surface area contributed by atoms with Crippen molar-refractivity contribution in [3.63, 3.8) is 0 Å². The second-order valence-electron chi connectivity index (χ2n) is 6.69. The summed E-state index contributed by atoms with van der Waals surface area (Å²) in [5.41, 5.74) is 2.34. The maximum Gasteiger partial charge on any atom is 0.256 e. The van der Waals surface area contributed by atoms with Crippen LogP contribution in [0.3, 0.4) is 0 Å². The molecule has 5 heteroatoms. The molecule has 0 saturated carbocycles. The second-order valence-corrected chi connectivity index (χ2v) is 6.69. The highest BCUT2D eigenvalue weighted by Crippen LogP contribution is 2.24. The summed E-state index contributed by atoms with van der Waals surface area (Å²) in [6.07, 6.45) is 0. The van der Waals surface area contributed by atoms with Crippen LogP contribution in [0.5, 0.6) is 5.75 Å². The Balaban J connectivity index is 1.92. The molecule has 0 atom stereocenters. The Kier molecular flexibility index (Phi) is 6.49. The van der Waals surface area contributed by atoms with Crippen molar-refractivity contribution >= 4 is 10.8 Å². The van der Waals surface area contributed by atoms with E-state index in [1.807, 2.05) is 56.6 Å². The molecule has 0 saturated heterocycles. The highest BCUT2D eigenvalue weighted by atomic mass is 16.5. The monoisotopic (exact) mass is 376 g/mol. The molecule has 0 spiro atoms. The minimum absolute atomic E-state index is 0.130. The number of methoxy groups -OCH3 is 1. The van der Waals surface area contributed by atoms with Crippen molar-refractivity contribution < 1.29 is 9.47 Å². The minimum Gasteiger partial charge on any atom is -0.492 e. The van der Waals surface area contributed by atoms with E-state index < -0.39 is 0 Å². The molecule has 3 aromatic rings. The summed E-state index contributed by atoms with van der Waals surface area (Å²) >= 11 is 0. The molecular formula is C23H24N2O3. The lowest BCUT2D eigenvalue weighted by molar-refractivity contribution is 0.240. The van der Waals surface area contributed by atoms with Crippen LogP contribution in [0.15, 0.2) is 53.3 Å². The first kappa shape index (κ1) is 19.7. The second kappa shape index (κ2) is 9.23. The van der Waals surface area contributed by atoms with Gasteiger partial charge in [0, 0.05) is 35.7 Å². The maximum absolute atomic E-state index is 12.6.